The molecule has 1 fully saturated rings. The molecule has 1 saturated heterocycles. The molecule has 2 rings (SSSR count). The fraction of sp³-hybridized carbons (Fsp3) is 0.697. The molecule has 0 aliphatic carbocycles. The van der Waals surface area contributed by atoms with E-state index in [9.17, 15) is 24.3 Å². The second kappa shape index (κ2) is 14.9. The van der Waals surface area contributed by atoms with Crippen LogP contribution in [0.4, 0.5) is 4.79 Å². The minimum Gasteiger partial charge on any atom is -0.444 e. The van der Waals surface area contributed by atoms with Gasteiger partial charge in [-0.25, -0.2) is 4.79 Å². The zero-order valence-electron chi connectivity index (χ0n) is 26.4. The number of amides is 2. The van der Waals surface area contributed by atoms with E-state index in [1.54, 1.807) is 4.90 Å². The molecule has 1 aromatic carbocycles. The fourth-order valence-corrected chi connectivity index (χ4v) is 5.19. The summed E-state index contributed by atoms with van der Waals surface area (Å²) in [6, 6.07) is 8.83. The van der Waals surface area contributed by atoms with Crippen molar-refractivity contribution >= 4 is 23.6 Å². The summed E-state index contributed by atoms with van der Waals surface area (Å²) in [6.45, 7) is 16.1. The van der Waals surface area contributed by atoms with E-state index in [0.717, 1.165) is 5.56 Å². The molecule has 41 heavy (non-hydrogen) atoms. The van der Waals surface area contributed by atoms with Gasteiger partial charge in [-0.3, -0.25) is 14.4 Å². The summed E-state index contributed by atoms with van der Waals surface area (Å²) < 4.78 is 5.45. The number of nitrogens with zero attached hydrogens (tertiary/aromatic N) is 1. The summed E-state index contributed by atoms with van der Waals surface area (Å²) in [7, 11) is 0. The minimum absolute atomic E-state index is 0.0132. The number of aliphatic hydroxyl groups excluding tert-OH is 1. The molecule has 2 N–H and O–H groups in total. The molecule has 0 aromatic heterocycles. The van der Waals surface area contributed by atoms with Gasteiger partial charge in [0.25, 0.3) is 0 Å². The largest absolute Gasteiger partial charge is 0.444 e. The maximum absolute atomic E-state index is 13.7. The Kier molecular flexibility index (Phi) is 12.6. The molecule has 0 saturated carbocycles. The molecule has 1 aliphatic rings. The highest BCUT2D eigenvalue weighted by atomic mass is 16.6. The van der Waals surface area contributed by atoms with Gasteiger partial charge in [0.15, 0.2) is 11.6 Å². The number of likely N-dealkylation sites (tertiary alicyclic amines) is 1. The van der Waals surface area contributed by atoms with Crippen molar-refractivity contribution in [2.24, 2.45) is 23.2 Å². The van der Waals surface area contributed by atoms with E-state index < -0.39 is 23.7 Å². The van der Waals surface area contributed by atoms with Gasteiger partial charge in [-0.1, -0.05) is 65.0 Å². The number of carbonyl (C=O) groups is 4. The van der Waals surface area contributed by atoms with Crippen molar-refractivity contribution in [2.45, 2.75) is 112 Å². The second-order valence-corrected chi connectivity index (χ2v) is 14.2. The van der Waals surface area contributed by atoms with Gasteiger partial charge in [-0.05, 0) is 63.4 Å². The molecule has 230 valence electrons. The molecular weight excluding hydrogens is 520 g/mol. The Morgan fingerprint density at radius 2 is 1.56 bits per heavy atom. The van der Waals surface area contributed by atoms with Gasteiger partial charge >= 0.3 is 6.09 Å². The number of carbonyl (C=O) groups excluding carboxylic acids is 4. The second-order valence-electron chi connectivity index (χ2n) is 14.2. The zero-order valence-corrected chi connectivity index (χ0v) is 26.4. The van der Waals surface area contributed by atoms with E-state index in [0.29, 0.717) is 38.8 Å². The van der Waals surface area contributed by atoms with Crippen molar-refractivity contribution in [3.63, 3.8) is 0 Å². The van der Waals surface area contributed by atoms with Gasteiger partial charge in [0.05, 0.1) is 6.04 Å². The van der Waals surface area contributed by atoms with Gasteiger partial charge in [0.1, 0.15) is 11.7 Å². The lowest BCUT2D eigenvalue weighted by Crippen LogP contribution is -2.49. The van der Waals surface area contributed by atoms with Crippen LogP contribution in [0.5, 0.6) is 0 Å². The SMILES string of the molecule is CC(C)C[C@H](NC(=O)C1CCN(C(=O)OC(C)(C)C)CC1)C(=O)CC(Cc1ccccc1)C(O)C(=O)CC(C)(C)C. The Hall–Kier alpha value is -2.74. The van der Waals surface area contributed by atoms with Crippen molar-refractivity contribution in [3.8, 4) is 0 Å². The first kappa shape index (κ1) is 34.5. The topological polar surface area (TPSA) is 113 Å². The Morgan fingerprint density at radius 3 is 2.07 bits per heavy atom. The average molecular weight is 573 g/mol. The smallest absolute Gasteiger partial charge is 0.410 e. The summed E-state index contributed by atoms with van der Waals surface area (Å²) >= 11 is 0. The average Bonchev–Trinajstić information content (AvgIpc) is 2.85. The Labute approximate surface area is 246 Å². The van der Waals surface area contributed by atoms with Crippen LogP contribution in [0, 0.1) is 23.2 Å². The first-order valence-corrected chi connectivity index (χ1v) is 15.0. The molecule has 0 spiro atoms. The third-order valence-electron chi connectivity index (χ3n) is 7.21. The number of piperidine rings is 1. The summed E-state index contributed by atoms with van der Waals surface area (Å²) in [5, 5.41) is 14.1. The van der Waals surface area contributed by atoms with Crippen molar-refractivity contribution in [1.82, 2.24) is 10.2 Å². The minimum atomic E-state index is -1.27. The van der Waals surface area contributed by atoms with Crippen molar-refractivity contribution in [2.75, 3.05) is 13.1 Å². The summed E-state index contributed by atoms with van der Waals surface area (Å²) in [5.41, 5.74) is 0.0696. The highest BCUT2D eigenvalue weighted by Gasteiger charge is 2.35. The maximum Gasteiger partial charge on any atom is 0.410 e. The van der Waals surface area contributed by atoms with E-state index in [4.69, 9.17) is 4.74 Å². The summed E-state index contributed by atoms with van der Waals surface area (Å²) in [6.07, 6.45) is 0.372. The number of ketones is 2. The molecule has 0 radical (unpaired) electrons. The Balaban J connectivity index is 2.11. The lowest BCUT2D eigenvalue weighted by Gasteiger charge is -2.33. The molecule has 1 aliphatic heterocycles. The van der Waals surface area contributed by atoms with Crippen LogP contribution in [0.25, 0.3) is 0 Å². The molecule has 1 heterocycles. The number of ether oxygens (including phenoxy) is 1. The number of hydrogen-bond acceptors (Lipinski definition) is 6. The van der Waals surface area contributed by atoms with E-state index in [-0.39, 0.29) is 53.7 Å². The number of nitrogens with one attached hydrogen (secondary N) is 1. The molecule has 0 bridgehead atoms. The molecule has 1 aromatic rings. The molecule has 8 heteroatoms. The Bertz CT molecular complexity index is 1020. The fourth-order valence-electron chi connectivity index (χ4n) is 5.19. The van der Waals surface area contributed by atoms with Gasteiger partial charge in [-0.15, -0.1) is 0 Å². The molecule has 2 unspecified atom stereocenters. The first-order chi connectivity index (χ1) is 18.9. The van der Waals surface area contributed by atoms with Crippen molar-refractivity contribution < 1.29 is 29.0 Å². The Morgan fingerprint density at radius 1 is 0.976 bits per heavy atom. The van der Waals surface area contributed by atoms with Crippen LogP contribution < -0.4 is 5.32 Å². The predicted octanol–water partition coefficient (Wildman–Crippen LogP) is 5.35. The quantitative estimate of drug-likeness (QED) is 0.349. The lowest BCUT2D eigenvalue weighted by atomic mass is 9.81. The third kappa shape index (κ3) is 12.3. The molecule has 3 atom stereocenters. The van der Waals surface area contributed by atoms with Crippen LogP contribution in [-0.4, -0.2) is 64.4 Å². The first-order valence-electron chi connectivity index (χ1n) is 15.0. The highest BCUT2D eigenvalue weighted by molar-refractivity contribution is 5.91. The van der Waals surface area contributed by atoms with Gasteiger partial charge in [0.2, 0.25) is 5.91 Å². The number of benzene rings is 1. The van der Waals surface area contributed by atoms with Gasteiger partial charge in [0, 0.05) is 37.8 Å². The van der Waals surface area contributed by atoms with Gasteiger partial charge in [-0.2, -0.15) is 0 Å². The highest BCUT2D eigenvalue weighted by Crippen LogP contribution is 2.26. The van der Waals surface area contributed by atoms with E-state index in [1.807, 2.05) is 85.7 Å². The lowest BCUT2D eigenvalue weighted by molar-refractivity contribution is -0.135. The predicted molar refractivity (Wildman–Crippen MR) is 160 cm³/mol. The number of hydrogen-bond donors (Lipinski definition) is 2. The van der Waals surface area contributed by atoms with E-state index in [1.165, 1.54) is 0 Å². The van der Waals surface area contributed by atoms with E-state index >= 15 is 0 Å². The van der Waals surface area contributed by atoms with Crippen LogP contribution in [0.2, 0.25) is 0 Å². The maximum atomic E-state index is 13.7. The van der Waals surface area contributed by atoms with Crippen LogP contribution >= 0.6 is 0 Å². The number of Topliss-reactive ketones (excluding diaryl/α,β-unsaturated/α-hetero) is 2. The summed E-state index contributed by atoms with van der Waals surface area (Å²) in [4.78, 5) is 54.0. The normalized spacial score (nSPS) is 17.1. The van der Waals surface area contributed by atoms with Crippen molar-refractivity contribution in [1.29, 1.82) is 0 Å². The van der Waals surface area contributed by atoms with Crippen LogP contribution in [0.15, 0.2) is 30.3 Å². The monoisotopic (exact) mass is 572 g/mol. The number of aliphatic hydroxyl groups is 1. The zero-order chi connectivity index (χ0) is 31.0. The van der Waals surface area contributed by atoms with Crippen molar-refractivity contribution in [3.05, 3.63) is 35.9 Å². The van der Waals surface area contributed by atoms with Crippen LogP contribution in [0.3, 0.4) is 0 Å². The molecule has 2 amide bonds. The summed E-state index contributed by atoms with van der Waals surface area (Å²) in [5.74, 6) is -1.40. The third-order valence-corrected chi connectivity index (χ3v) is 7.21. The molecular formula is C33H52N2O6. The van der Waals surface area contributed by atoms with Crippen LogP contribution in [0.1, 0.15) is 93.1 Å². The van der Waals surface area contributed by atoms with Gasteiger partial charge < -0.3 is 20.1 Å². The van der Waals surface area contributed by atoms with E-state index in [2.05, 4.69) is 5.32 Å². The standard InChI is InChI=1S/C33H52N2O6/c1-22(2)18-26(34-30(39)24-14-16-35(17-15-24)31(40)41-33(6,7)8)27(36)20-25(19-23-12-10-9-11-13-23)29(38)28(37)21-32(3,4)5/h9-13,22,24-26,29,38H,14-21H2,1-8H3,(H,34,39)/t25?,26-,29?/m0/s1. The van der Waals surface area contributed by atoms with Crippen LogP contribution in [-0.2, 0) is 25.5 Å². The molecule has 8 nitrogen and oxygen atoms in total. The number of rotatable bonds is 12.